The Kier molecular flexibility index (Phi) is 4.09. The number of fused-ring (bicyclic) bond motifs is 1. The van der Waals surface area contributed by atoms with Crippen LogP contribution in [0, 0.1) is 0 Å². The number of hydrogen-bond donors (Lipinski definition) is 2. The number of hydrogen-bond acceptors (Lipinski definition) is 3. The molecule has 0 saturated heterocycles. The molecular weight excluding hydrogens is 288 g/mol. The minimum atomic E-state index is -1.10. The zero-order valence-electron chi connectivity index (χ0n) is 12.2. The summed E-state index contributed by atoms with van der Waals surface area (Å²) >= 11 is 6.42. The molecule has 1 fully saturated rings. The Labute approximate surface area is 130 Å². The molecule has 2 aliphatic rings. The summed E-state index contributed by atoms with van der Waals surface area (Å²) in [5, 5.41) is 13.2. The third-order valence-corrected chi connectivity index (χ3v) is 4.89. The highest BCUT2D eigenvalue weighted by atomic mass is 35.5. The van der Waals surface area contributed by atoms with Crippen LogP contribution in [0.1, 0.15) is 50.7 Å². The number of carbonyl (C=O) groups is 1. The fraction of sp³-hybridized carbons (Fsp3) is 0.562. The second kappa shape index (κ2) is 5.85. The van der Waals surface area contributed by atoms with Crippen molar-refractivity contribution in [1.29, 1.82) is 0 Å². The molecule has 114 valence electrons. The first-order valence-corrected chi connectivity index (χ1v) is 8.08. The zero-order valence-corrected chi connectivity index (χ0v) is 13.0. The minimum absolute atomic E-state index is 0.376. The molecule has 1 heterocycles. The summed E-state index contributed by atoms with van der Waals surface area (Å²) in [5.41, 5.74) is 2.22. The van der Waals surface area contributed by atoms with Gasteiger partial charge in [0.2, 0.25) is 0 Å². The van der Waals surface area contributed by atoms with Gasteiger partial charge in [-0.25, -0.2) is 0 Å². The summed E-state index contributed by atoms with van der Waals surface area (Å²) in [4.78, 5) is 13.9. The molecule has 1 aliphatic carbocycles. The monoisotopic (exact) mass is 308 g/mol. The molecule has 1 aromatic rings. The van der Waals surface area contributed by atoms with Gasteiger partial charge in [-0.15, -0.1) is 0 Å². The molecule has 0 bridgehead atoms. The Morgan fingerprint density at radius 3 is 2.71 bits per heavy atom. The first-order valence-electron chi connectivity index (χ1n) is 7.70. The lowest BCUT2D eigenvalue weighted by Gasteiger charge is -2.36. The average Bonchev–Trinajstić information content (AvgIpc) is 2.76. The fourth-order valence-electron chi connectivity index (χ4n) is 3.49. The van der Waals surface area contributed by atoms with E-state index in [9.17, 15) is 9.90 Å². The highest BCUT2D eigenvalue weighted by Crippen LogP contribution is 2.40. The molecule has 1 atom stereocenters. The van der Waals surface area contributed by atoms with Gasteiger partial charge in [0.1, 0.15) is 0 Å². The third kappa shape index (κ3) is 2.62. The summed E-state index contributed by atoms with van der Waals surface area (Å²) in [6.07, 6.45) is 5.12. The molecule has 2 N–H and O–H groups in total. The van der Waals surface area contributed by atoms with Gasteiger partial charge in [0, 0.05) is 23.8 Å². The van der Waals surface area contributed by atoms with Gasteiger partial charge in [0.15, 0.2) is 6.10 Å². The predicted octanol–water partition coefficient (Wildman–Crippen LogP) is 3.48. The van der Waals surface area contributed by atoms with E-state index < -0.39 is 6.10 Å². The van der Waals surface area contributed by atoms with Gasteiger partial charge in [-0.2, -0.15) is 0 Å². The number of amides is 1. The first-order chi connectivity index (χ1) is 10.1. The van der Waals surface area contributed by atoms with Crippen LogP contribution in [0.2, 0.25) is 5.02 Å². The Bertz CT molecular complexity index is 555. The van der Waals surface area contributed by atoms with Gasteiger partial charge in [0.25, 0.3) is 5.91 Å². The quantitative estimate of drug-likeness (QED) is 0.899. The van der Waals surface area contributed by atoms with Crippen molar-refractivity contribution in [3.63, 3.8) is 0 Å². The van der Waals surface area contributed by atoms with Crippen LogP contribution in [0.5, 0.6) is 0 Å². The van der Waals surface area contributed by atoms with E-state index in [0.717, 1.165) is 12.2 Å². The van der Waals surface area contributed by atoms with Crippen LogP contribution in [-0.4, -0.2) is 23.6 Å². The zero-order chi connectivity index (χ0) is 15.0. The van der Waals surface area contributed by atoms with Gasteiger partial charge in [-0.1, -0.05) is 30.9 Å². The van der Waals surface area contributed by atoms with Gasteiger partial charge < -0.3 is 15.3 Å². The van der Waals surface area contributed by atoms with Crippen LogP contribution in [-0.2, 0) is 4.79 Å². The van der Waals surface area contributed by atoms with E-state index in [1.165, 1.54) is 32.1 Å². The molecule has 4 nitrogen and oxygen atoms in total. The van der Waals surface area contributed by atoms with Crippen LogP contribution < -0.4 is 10.2 Å². The van der Waals surface area contributed by atoms with E-state index in [0.29, 0.717) is 22.3 Å². The summed E-state index contributed by atoms with van der Waals surface area (Å²) in [7, 11) is 0. The van der Waals surface area contributed by atoms with Crippen molar-refractivity contribution < 1.29 is 9.90 Å². The van der Waals surface area contributed by atoms with E-state index in [4.69, 9.17) is 11.6 Å². The predicted molar refractivity (Wildman–Crippen MR) is 84.9 cm³/mol. The lowest BCUT2D eigenvalue weighted by Crippen LogP contribution is -2.36. The van der Waals surface area contributed by atoms with E-state index in [1.807, 2.05) is 6.07 Å². The maximum absolute atomic E-state index is 11.6. The van der Waals surface area contributed by atoms with Crippen molar-refractivity contribution >= 4 is 28.9 Å². The van der Waals surface area contributed by atoms with E-state index in [2.05, 4.69) is 17.1 Å². The molecule has 5 heteroatoms. The number of aliphatic hydroxyl groups excluding tert-OH is 1. The Morgan fingerprint density at radius 1 is 1.33 bits per heavy atom. The van der Waals surface area contributed by atoms with Gasteiger partial charge in [-0.3, -0.25) is 4.79 Å². The van der Waals surface area contributed by atoms with Crippen molar-refractivity contribution in [3.05, 3.63) is 22.7 Å². The van der Waals surface area contributed by atoms with E-state index >= 15 is 0 Å². The van der Waals surface area contributed by atoms with Crippen molar-refractivity contribution in [2.75, 3.05) is 16.8 Å². The van der Waals surface area contributed by atoms with Crippen molar-refractivity contribution in [2.45, 2.75) is 51.2 Å². The number of halogens is 1. The van der Waals surface area contributed by atoms with Crippen LogP contribution in [0.15, 0.2) is 12.1 Å². The number of carbonyl (C=O) groups excluding carboxylic acids is 1. The number of nitrogens with zero attached hydrogens (tertiary/aromatic N) is 1. The molecule has 0 aromatic heterocycles. The SMILES string of the molecule is CCN(c1cc2c(cc1Cl)C(O)C(=O)N2)C1CCCCC1. The highest BCUT2D eigenvalue weighted by molar-refractivity contribution is 6.33. The number of benzene rings is 1. The number of rotatable bonds is 3. The van der Waals surface area contributed by atoms with Gasteiger partial charge >= 0.3 is 0 Å². The molecule has 0 spiro atoms. The molecule has 1 saturated carbocycles. The average molecular weight is 309 g/mol. The Hall–Kier alpha value is -1.26. The molecule has 1 aliphatic heterocycles. The normalized spacial score (nSPS) is 22.0. The lowest BCUT2D eigenvalue weighted by atomic mass is 9.93. The number of nitrogens with one attached hydrogen (secondary N) is 1. The third-order valence-electron chi connectivity index (χ3n) is 4.59. The second-order valence-corrected chi connectivity index (χ2v) is 6.27. The van der Waals surface area contributed by atoms with Gasteiger partial charge in [-0.05, 0) is 31.9 Å². The largest absolute Gasteiger partial charge is 0.378 e. The molecule has 1 unspecified atom stereocenters. The van der Waals surface area contributed by atoms with Crippen LogP contribution in [0.3, 0.4) is 0 Å². The van der Waals surface area contributed by atoms with Crippen molar-refractivity contribution in [2.24, 2.45) is 0 Å². The maximum atomic E-state index is 11.6. The van der Waals surface area contributed by atoms with Crippen molar-refractivity contribution in [3.8, 4) is 0 Å². The number of anilines is 2. The molecule has 1 aromatic carbocycles. The van der Waals surface area contributed by atoms with Crippen molar-refractivity contribution in [1.82, 2.24) is 0 Å². The second-order valence-electron chi connectivity index (χ2n) is 5.86. The Morgan fingerprint density at radius 2 is 2.05 bits per heavy atom. The van der Waals surface area contributed by atoms with Gasteiger partial charge in [0.05, 0.1) is 10.7 Å². The molecule has 0 radical (unpaired) electrons. The standard InChI is InChI=1S/C16H21ClN2O2/c1-2-19(10-6-4-3-5-7-10)14-9-13-11(8-12(14)17)15(20)16(21)18-13/h8-10,15,20H,2-7H2,1H3,(H,18,21). The molecule has 3 rings (SSSR count). The van der Waals surface area contributed by atoms with E-state index in [1.54, 1.807) is 6.07 Å². The topological polar surface area (TPSA) is 52.6 Å². The van der Waals surface area contributed by atoms with Crippen LogP contribution >= 0.6 is 11.6 Å². The number of aliphatic hydroxyl groups is 1. The summed E-state index contributed by atoms with van der Waals surface area (Å²) in [6.45, 7) is 3.02. The smallest absolute Gasteiger partial charge is 0.257 e. The summed E-state index contributed by atoms with van der Waals surface area (Å²) in [5.74, 6) is -0.376. The molecular formula is C16H21ClN2O2. The van der Waals surface area contributed by atoms with Crippen LogP contribution in [0.25, 0.3) is 0 Å². The summed E-state index contributed by atoms with van der Waals surface area (Å²) < 4.78 is 0. The lowest BCUT2D eigenvalue weighted by molar-refractivity contribution is -0.123. The fourth-order valence-corrected chi connectivity index (χ4v) is 3.77. The van der Waals surface area contributed by atoms with Crippen LogP contribution in [0.4, 0.5) is 11.4 Å². The highest BCUT2D eigenvalue weighted by Gasteiger charge is 2.31. The maximum Gasteiger partial charge on any atom is 0.257 e. The Balaban J connectivity index is 1.94. The summed E-state index contributed by atoms with van der Waals surface area (Å²) in [6, 6.07) is 4.14. The first kappa shape index (κ1) is 14.7. The van der Waals surface area contributed by atoms with E-state index in [-0.39, 0.29) is 5.91 Å². The molecule has 1 amide bonds. The molecule has 21 heavy (non-hydrogen) atoms. The minimum Gasteiger partial charge on any atom is -0.378 e.